The Morgan fingerprint density at radius 1 is 1.12 bits per heavy atom. The standard InChI is InChI=1S/C19H27FN2O2/c1-14-11-21(12-15(2)24-14)13-16-7-9-22(10-8-16)19(23)17-3-5-18(20)6-4-17/h3-6,14-16H,7-13H2,1-2H3/t14-,15-/m0/s1. The molecule has 0 N–H and O–H groups in total. The van der Waals surface area contributed by atoms with Crippen molar-refractivity contribution < 1.29 is 13.9 Å². The highest BCUT2D eigenvalue weighted by Crippen LogP contribution is 2.22. The number of amides is 1. The van der Waals surface area contributed by atoms with Crippen LogP contribution in [0.15, 0.2) is 24.3 Å². The fourth-order valence-corrected chi connectivity index (χ4v) is 3.89. The number of morpholine rings is 1. The van der Waals surface area contributed by atoms with Crippen LogP contribution in [0.25, 0.3) is 0 Å². The summed E-state index contributed by atoms with van der Waals surface area (Å²) in [5, 5.41) is 0. The van der Waals surface area contributed by atoms with Gasteiger partial charge in [-0.25, -0.2) is 4.39 Å². The fourth-order valence-electron chi connectivity index (χ4n) is 3.89. The average molecular weight is 334 g/mol. The average Bonchev–Trinajstić information content (AvgIpc) is 2.55. The minimum absolute atomic E-state index is 0.0158. The Labute approximate surface area is 143 Å². The molecule has 1 aromatic rings. The smallest absolute Gasteiger partial charge is 0.253 e. The van der Waals surface area contributed by atoms with E-state index in [4.69, 9.17) is 4.74 Å². The van der Waals surface area contributed by atoms with Gasteiger partial charge in [0.2, 0.25) is 0 Å². The van der Waals surface area contributed by atoms with Gasteiger partial charge in [0.1, 0.15) is 5.82 Å². The number of carbonyl (C=O) groups excluding carboxylic acids is 1. The first kappa shape index (κ1) is 17.4. The number of nitrogens with zero attached hydrogens (tertiary/aromatic N) is 2. The molecule has 2 fully saturated rings. The Morgan fingerprint density at radius 2 is 1.71 bits per heavy atom. The van der Waals surface area contributed by atoms with Crippen LogP contribution in [-0.4, -0.2) is 60.6 Å². The van der Waals surface area contributed by atoms with Gasteiger partial charge in [0.05, 0.1) is 12.2 Å². The minimum atomic E-state index is -0.306. The second kappa shape index (κ2) is 7.62. The van der Waals surface area contributed by atoms with Gasteiger partial charge >= 0.3 is 0 Å². The summed E-state index contributed by atoms with van der Waals surface area (Å²) in [5.41, 5.74) is 0.575. The molecule has 2 saturated heterocycles. The third-order valence-corrected chi connectivity index (χ3v) is 5.00. The molecule has 2 aliphatic rings. The van der Waals surface area contributed by atoms with E-state index in [-0.39, 0.29) is 11.7 Å². The van der Waals surface area contributed by atoms with Gasteiger partial charge < -0.3 is 9.64 Å². The Morgan fingerprint density at radius 3 is 2.29 bits per heavy atom. The van der Waals surface area contributed by atoms with Gasteiger partial charge in [-0.05, 0) is 56.9 Å². The second-order valence-corrected chi connectivity index (χ2v) is 7.22. The van der Waals surface area contributed by atoms with E-state index in [1.54, 1.807) is 12.1 Å². The normalized spacial score (nSPS) is 26.5. The summed E-state index contributed by atoms with van der Waals surface area (Å²) < 4.78 is 18.8. The molecular weight excluding hydrogens is 307 g/mol. The van der Waals surface area contributed by atoms with Crippen LogP contribution < -0.4 is 0 Å². The molecule has 0 aromatic heterocycles. The quantitative estimate of drug-likeness (QED) is 0.852. The Balaban J connectivity index is 1.48. The number of likely N-dealkylation sites (tertiary alicyclic amines) is 1. The fraction of sp³-hybridized carbons (Fsp3) is 0.632. The van der Waals surface area contributed by atoms with E-state index < -0.39 is 0 Å². The molecule has 132 valence electrons. The first-order valence-corrected chi connectivity index (χ1v) is 8.94. The third kappa shape index (κ3) is 4.33. The molecule has 4 nitrogen and oxygen atoms in total. The molecule has 0 radical (unpaired) electrons. The molecule has 0 unspecified atom stereocenters. The summed E-state index contributed by atoms with van der Waals surface area (Å²) in [6.45, 7) is 8.93. The van der Waals surface area contributed by atoms with Gasteiger partial charge in [-0.1, -0.05) is 0 Å². The van der Waals surface area contributed by atoms with Crippen LogP contribution in [0.1, 0.15) is 37.0 Å². The molecule has 0 saturated carbocycles. The number of benzene rings is 1. The second-order valence-electron chi connectivity index (χ2n) is 7.22. The van der Waals surface area contributed by atoms with Gasteiger partial charge in [0, 0.05) is 38.3 Å². The molecule has 1 aromatic carbocycles. The van der Waals surface area contributed by atoms with Gasteiger partial charge in [-0.2, -0.15) is 0 Å². The number of carbonyl (C=O) groups is 1. The van der Waals surface area contributed by atoms with E-state index in [9.17, 15) is 9.18 Å². The van der Waals surface area contributed by atoms with Crippen LogP contribution in [0.2, 0.25) is 0 Å². The van der Waals surface area contributed by atoms with Crippen molar-refractivity contribution in [2.45, 2.75) is 38.9 Å². The summed E-state index contributed by atoms with van der Waals surface area (Å²) >= 11 is 0. The SMILES string of the molecule is C[C@H]1CN(CC2CCN(C(=O)c3ccc(F)cc3)CC2)C[C@H](C)O1. The Hall–Kier alpha value is -1.46. The number of halogens is 1. The van der Waals surface area contributed by atoms with Gasteiger partial charge in [-0.15, -0.1) is 0 Å². The van der Waals surface area contributed by atoms with Gasteiger partial charge in [-0.3, -0.25) is 9.69 Å². The molecule has 2 atom stereocenters. The number of piperidine rings is 1. The zero-order valence-electron chi connectivity index (χ0n) is 14.6. The highest BCUT2D eigenvalue weighted by atomic mass is 19.1. The van der Waals surface area contributed by atoms with Gasteiger partial charge in [0.15, 0.2) is 0 Å². The van der Waals surface area contributed by atoms with Crippen molar-refractivity contribution in [1.29, 1.82) is 0 Å². The lowest BCUT2D eigenvalue weighted by atomic mass is 9.95. The van der Waals surface area contributed by atoms with E-state index >= 15 is 0 Å². The molecule has 0 bridgehead atoms. The summed E-state index contributed by atoms with van der Waals surface area (Å²) in [4.78, 5) is 16.9. The summed E-state index contributed by atoms with van der Waals surface area (Å²) in [6, 6.07) is 5.84. The molecule has 3 rings (SSSR count). The van der Waals surface area contributed by atoms with Gasteiger partial charge in [0.25, 0.3) is 5.91 Å². The highest BCUT2D eigenvalue weighted by molar-refractivity contribution is 5.94. The van der Waals surface area contributed by atoms with E-state index in [1.165, 1.54) is 12.1 Å². The molecule has 2 aliphatic heterocycles. The van der Waals surface area contributed by atoms with Crippen LogP contribution in [0.4, 0.5) is 4.39 Å². The molecule has 24 heavy (non-hydrogen) atoms. The number of hydrogen-bond acceptors (Lipinski definition) is 3. The van der Waals surface area contributed by atoms with Crippen LogP contribution in [0.5, 0.6) is 0 Å². The van der Waals surface area contributed by atoms with E-state index in [2.05, 4.69) is 18.7 Å². The maximum absolute atomic E-state index is 13.0. The van der Waals surface area contributed by atoms with E-state index in [0.29, 0.717) is 23.7 Å². The monoisotopic (exact) mass is 334 g/mol. The van der Waals surface area contributed by atoms with Crippen LogP contribution in [0.3, 0.4) is 0 Å². The number of ether oxygens (including phenoxy) is 1. The summed E-state index contributed by atoms with van der Waals surface area (Å²) in [7, 11) is 0. The van der Waals surface area contributed by atoms with E-state index in [0.717, 1.165) is 45.6 Å². The summed E-state index contributed by atoms with van der Waals surface area (Å²) in [5.74, 6) is 0.348. The Kier molecular flexibility index (Phi) is 5.51. The first-order chi connectivity index (χ1) is 11.5. The molecule has 5 heteroatoms. The largest absolute Gasteiger partial charge is 0.373 e. The maximum atomic E-state index is 13.0. The van der Waals surface area contributed by atoms with Crippen LogP contribution >= 0.6 is 0 Å². The van der Waals surface area contributed by atoms with Crippen LogP contribution in [-0.2, 0) is 4.74 Å². The lowest BCUT2D eigenvalue weighted by molar-refractivity contribution is -0.0728. The van der Waals surface area contributed by atoms with Crippen molar-refractivity contribution in [3.63, 3.8) is 0 Å². The topological polar surface area (TPSA) is 32.8 Å². The molecule has 0 aliphatic carbocycles. The summed E-state index contributed by atoms with van der Waals surface area (Å²) in [6.07, 6.45) is 2.67. The number of rotatable bonds is 3. The van der Waals surface area contributed by atoms with Crippen molar-refractivity contribution in [2.75, 3.05) is 32.7 Å². The van der Waals surface area contributed by atoms with Crippen molar-refractivity contribution in [3.8, 4) is 0 Å². The molecule has 2 heterocycles. The van der Waals surface area contributed by atoms with Crippen molar-refractivity contribution >= 4 is 5.91 Å². The molecule has 0 spiro atoms. The first-order valence-electron chi connectivity index (χ1n) is 8.94. The number of hydrogen-bond donors (Lipinski definition) is 0. The predicted molar refractivity (Wildman–Crippen MR) is 91.5 cm³/mol. The predicted octanol–water partition coefficient (Wildman–Crippen LogP) is 2.79. The van der Waals surface area contributed by atoms with Crippen molar-refractivity contribution in [3.05, 3.63) is 35.6 Å². The Bertz CT molecular complexity index is 545. The molecule has 1 amide bonds. The maximum Gasteiger partial charge on any atom is 0.253 e. The van der Waals surface area contributed by atoms with Crippen molar-refractivity contribution in [2.24, 2.45) is 5.92 Å². The third-order valence-electron chi connectivity index (χ3n) is 5.00. The molecular formula is C19H27FN2O2. The lowest BCUT2D eigenvalue weighted by Crippen LogP contribution is -2.48. The highest BCUT2D eigenvalue weighted by Gasteiger charge is 2.28. The van der Waals surface area contributed by atoms with Crippen molar-refractivity contribution in [1.82, 2.24) is 9.80 Å². The zero-order valence-corrected chi connectivity index (χ0v) is 14.6. The lowest BCUT2D eigenvalue weighted by Gasteiger charge is -2.39. The van der Waals surface area contributed by atoms with Crippen LogP contribution in [0, 0.1) is 11.7 Å². The van der Waals surface area contributed by atoms with E-state index in [1.807, 2.05) is 4.90 Å². The zero-order chi connectivity index (χ0) is 17.1. The minimum Gasteiger partial charge on any atom is -0.373 e.